The summed E-state index contributed by atoms with van der Waals surface area (Å²) in [6, 6.07) is 9.53. The van der Waals surface area contributed by atoms with E-state index in [-0.39, 0.29) is 16.9 Å². The molecule has 3 heterocycles. The molecule has 1 aromatic carbocycles. The minimum Gasteiger partial charge on any atom is -0.336 e. The maximum absolute atomic E-state index is 13.4. The number of carbonyl (C=O) groups excluding carboxylic acids is 1. The number of nitrogens with one attached hydrogen (secondary N) is 1. The van der Waals surface area contributed by atoms with E-state index < -0.39 is 0 Å². The van der Waals surface area contributed by atoms with Gasteiger partial charge in [0.05, 0.1) is 17.6 Å². The average Bonchev–Trinajstić information content (AvgIpc) is 3.35. The number of hydrogen-bond donors (Lipinski definition) is 1. The number of H-pyrrole nitrogens is 1. The first-order valence-corrected chi connectivity index (χ1v) is 9.93. The van der Waals surface area contributed by atoms with Crippen molar-refractivity contribution in [3.63, 3.8) is 0 Å². The van der Waals surface area contributed by atoms with Crippen molar-refractivity contribution in [2.45, 2.75) is 38.0 Å². The van der Waals surface area contributed by atoms with Crippen molar-refractivity contribution in [2.24, 2.45) is 0 Å². The normalized spacial score (nSPS) is 20.8. The SMILES string of the molecule is Cc1nc2c(c(=O)[nH]1)CCC21CCCN(C(=O)c2cnnn2-c2ccccc2)C1. The topological polar surface area (TPSA) is 96.8 Å². The first-order valence-electron chi connectivity index (χ1n) is 9.93. The number of piperidine rings is 1. The lowest BCUT2D eigenvalue weighted by Gasteiger charge is -2.40. The Labute approximate surface area is 167 Å². The molecule has 148 valence electrons. The van der Waals surface area contributed by atoms with Gasteiger partial charge in [-0.2, -0.15) is 0 Å². The standard InChI is InChI=1S/C21H22N6O2/c1-14-23-18-16(19(28)24-14)8-10-21(18)9-5-11-26(13-21)20(29)17-12-22-25-27(17)15-6-3-2-4-7-15/h2-4,6-7,12H,5,8-11,13H2,1H3,(H,23,24,28). The number of rotatable bonds is 2. The summed E-state index contributed by atoms with van der Waals surface area (Å²) in [6.07, 6.45) is 4.90. The van der Waals surface area contributed by atoms with E-state index in [0.29, 0.717) is 31.0 Å². The van der Waals surface area contributed by atoms with Gasteiger partial charge in [0.1, 0.15) is 5.82 Å². The average molecular weight is 390 g/mol. The highest BCUT2D eigenvalue weighted by atomic mass is 16.2. The van der Waals surface area contributed by atoms with Crippen LogP contribution in [-0.4, -0.2) is 48.9 Å². The molecule has 5 rings (SSSR count). The quantitative estimate of drug-likeness (QED) is 0.719. The molecular formula is C21H22N6O2. The van der Waals surface area contributed by atoms with Crippen molar-refractivity contribution in [1.29, 1.82) is 0 Å². The Hall–Kier alpha value is -3.29. The molecule has 1 fully saturated rings. The molecule has 1 atom stereocenters. The van der Waals surface area contributed by atoms with Gasteiger partial charge >= 0.3 is 0 Å². The molecule has 0 radical (unpaired) electrons. The third-order valence-corrected chi connectivity index (χ3v) is 6.12. The van der Waals surface area contributed by atoms with Crippen molar-refractivity contribution in [3.8, 4) is 5.69 Å². The maximum Gasteiger partial charge on any atom is 0.274 e. The summed E-state index contributed by atoms with van der Waals surface area (Å²) in [7, 11) is 0. The van der Waals surface area contributed by atoms with Gasteiger partial charge in [-0.1, -0.05) is 23.4 Å². The van der Waals surface area contributed by atoms with E-state index in [4.69, 9.17) is 0 Å². The van der Waals surface area contributed by atoms with Crippen LogP contribution in [0.2, 0.25) is 0 Å². The second-order valence-electron chi connectivity index (χ2n) is 7.96. The summed E-state index contributed by atoms with van der Waals surface area (Å²) in [5, 5.41) is 8.08. The van der Waals surface area contributed by atoms with Crippen LogP contribution in [0, 0.1) is 6.92 Å². The second kappa shape index (κ2) is 6.65. The van der Waals surface area contributed by atoms with Gasteiger partial charge in [0.2, 0.25) is 0 Å². The third-order valence-electron chi connectivity index (χ3n) is 6.12. The van der Waals surface area contributed by atoms with Crippen molar-refractivity contribution in [1.82, 2.24) is 29.9 Å². The van der Waals surface area contributed by atoms with Gasteiger partial charge in [0, 0.05) is 24.1 Å². The molecule has 1 aliphatic carbocycles. The molecule has 29 heavy (non-hydrogen) atoms. The molecule has 0 saturated carbocycles. The Kier molecular flexibility index (Phi) is 4.08. The molecule has 1 N–H and O–H groups in total. The van der Waals surface area contributed by atoms with Crippen LogP contribution in [0.3, 0.4) is 0 Å². The zero-order valence-electron chi connectivity index (χ0n) is 16.3. The minimum absolute atomic E-state index is 0.0424. The van der Waals surface area contributed by atoms with Gasteiger partial charge in [-0.3, -0.25) is 9.59 Å². The number of amides is 1. The number of aromatic amines is 1. The summed E-state index contributed by atoms with van der Waals surface area (Å²) >= 11 is 0. The van der Waals surface area contributed by atoms with Crippen molar-refractivity contribution < 1.29 is 4.79 Å². The number of benzene rings is 1. The van der Waals surface area contributed by atoms with Crippen molar-refractivity contribution in [3.05, 3.63) is 69.7 Å². The summed E-state index contributed by atoms with van der Waals surface area (Å²) in [5.74, 6) is 0.540. The Balaban J connectivity index is 1.48. The number of para-hydroxylation sites is 1. The zero-order valence-corrected chi connectivity index (χ0v) is 16.3. The van der Waals surface area contributed by atoms with Crippen LogP contribution < -0.4 is 5.56 Å². The lowest BCUT2D eigenvalue weighted by Crippen LogP contribution is -2.48. The predicted molar refractivity (Wildman–Crippen MR) is 106 cm³/mol. The number of fused-ring (bicyclic) bond motifs is 2. The highest BCUT2D eigenvalue weighted by Crippen LogP contribution is 2.43. The second-order valence-corrected chi connectivity index (χ2v) is 7.96. The van der Waals surface area contributed by atoms with E-state index in [2.05, 4.69) is 20.3 Å². The Morgan fingerprint density at radius 2 is 2.03 bits per heavy atom. The van der Waals surface area contributed by atoms with Crippen LogP contribution in [0.15, 0.2) is 41.3 Å². The number of aryl methyl sites for hydroxylation is 1. The highest BCUT2D eigenvalue weighted by Gasteiger charge is 2.46. The maximum atomic E-state index is 13.4. The van der Waals surface area contributed by atoms with Gasteiger partial charge in [-0.25, -0.2) is 9.67 Å². The smallest absolute Gasteiger partial charge is 0.274 e. The molecule has 3 aromatic rings. The van der Waals surface area contributed by atoms with Gasteiger partial charge in [-0.15, -0.1) is 5.10 Å². The van der Waals surface area contributed by atoms with E-state index in [1.54, 1.807) is 4.68 Å². The van der Waals surface area contributed by atoms with Crippen LogP contribution in [-0.2, 0) is 11.8 Å². The van der Waals surface area contributed by atoms with E-state index in [1.807, 2.05) is 42.2 Å². The van der Waals surface area contributed by atoms with Crippen LogP contribution >= 0.6 is 0 Å². The van der Waals surface area contributed by atoms with E-state index in [9.17, 15) is 9.59 Å². The van der Waals surface area contributed by atoms with E-state index in [1.165, 1.54) is 6.20 Å². The molecule has 2 aromatic heterocycles. The lowest BCUT2D eigenvalue weighted by atomic mass is 9.77. The molecule has 1 aliphatic heterocycles. The van der Waals surface area contributed by atoms with Crippen LogP contribution in [0.5, 0.6) is 0 Å². The number of carbonyl (C=O) groups is 1. The van der Waals surface area contributed by atoms with Crippen LogP contribution in [0.4, 0.5) is 0 Å². The molecule has 1 saturated heterocycles. The number of hydrogen-bond acceptors (Lipinski definition) is 5. The molecule has 1 unspecified atom stereocenters. The van der Waals surface area contributed by atoms with Gasteiger partial charge < -0.3 is 9.88 Å². The summed E-state index contributed by atoms with van der Waals surface area (Å²) in [4.78, 5) is 35.1. The van der Waals surface area contributed by atoms with Crippen LogP contribution in [0.1, 0.15) is 46.8 Å². The fourth-order valence-electron chi connectivity index (χ4n) is 4.77. The summed E-state index contributed by atoms with van der Waals surface area (Å²) < 4.78 is 1.58. The van der Waals surface area contributed by atoms with Gasteiger partial charge in [0.25, 0.3) is 11.5 Å². The number of likely N-dealkylation sites (tertiary alicyclic amines) is 1. The van der Waals surface area contributed by atoms with Crippen molar-refractivity contribution in [2.75, 3.05) is 13.1 Å². The third kappa shape index (κ3) is 2.86. The molecule has 1 spiro atoms. The first kappa shape index (κ1) is 17.8. The summed E-state index contributed by atoms with van der Waals surface area (Å²) in [5.41, 5.74) is 2.62. The highest BCUT2D eigenvalue weighted by molar-refractivity contribution is 5.93. The monoisotopic (exact) mass is 390 g/mol. The van der Waals surface area contributed by atoms with E-state index >= 15 is 0 Å². The Morgan fingerprint density at radius 1 is 1.21 bits per heavy atom. The Morgan fingerprint density at radius 3 is 2.86 bits per heavy atom. The molecular weight excluding hydrogens is 368 g/mol. The summed E-state index contributed by atoms with van der Waals surface area (Å²) in [6.45, 7) is 3.05. The molecule has 8 heteroatoms. The Bertz CT molecular complexity index is 1140. The lowest BCUT2D eigenvalue weighted by molar-refractivity contribution is 0.0624. The number of nitrogens with zero attached hydrogens (tertiary/aromatic N) is 5. The molecule has 2 aliphatic rings. The van der Waals surface area contributed by atoms with E-state index in [0.717, 1.165) is 36.2 Å². The predicted octanol–water partition coefficient (Wildman–Crippen LogP) is 1.78. The molecule has 1 amide bonds. The number of aromatic nitrogens is 5. The molecule has 8 nitrogen and oxygen atoms in total. The first-order chi connectivity index (χ1) is 14.1. The van der Waals surface area contributed by atoms with Crippen molar-refractivity contribution >= 4 is 5.91 Å². The fraction of sp³-hybridized carbons (Fsp3) is 0.381. The zero-order chi connectivity index (χ0) is 20.0. The largest absolute Gasteiger partial charge is 0.336 e. The van der Waals surface area contributed by atoms with Gasteiger partial charge in [0.15, 0.2) is 5.69 Å². The van der Waals surface area contributed by atoms with Gasteiger partial charge in [-0.05, 0) is 44.7 Å². The van der Waals surface area contributed by atoms with Crippen LogP contribution in [0.25, 0.3) is 5.69 Å². The minimum atomic E-state index is -0.243. The fourth-order valence-corrected chi connectivity index (χ4v) is 4.77. The molecule has 0 bridgehead atoms.